The molecule has 1 aliphatic rings. The van der Waals surface area contributed by atoms with Gasteiger partial charge in [0.1, 0.15) is 5.69 Å². The minimum absolute atomic E-state index is 0.166. The Labute approximate surface area is 99.4 Å². The monoisotopic (exact) mass is 236 g/mol. The Balaban J connectivity index is 2.12. The third kappa shape index (κ3) is 2.72. The normalized spacial score (nSPS) is 20.1. The van der Waals surface area contributed by atoms with Crippen LogP contribution in [-0.2, 0) is 0 Å². The standard InChI is InChI=1S/C11H16N4O2/c12-14-8-3-4-13-10(6-8)11(17)15-5-1-2-9(16)7-15/h3-4,6,9,16H,1-2,5,7,12H2,(H,13,14). The van der Waals surface area contributed by atoms with Crippen molar-refractivity contribution in [3.05, 3.63) is 24.0 Å². The topological polar surface area (TPSA) is 91.5 Å². The number of carbonyl (C=O) groups is 1. The van der Waals surface area contributed by atoms with Crippen molar-refractivity contribution in [2.24, 2.45) is 5.84 Å². The number of pyridine rings is 1. The number of hydrogen-bond donors (Lipinski definition) is 3. The molecule has 0 spiro atoms. The Morgan fingerprint density at radius 1 is 1.65 bits per heavy atom. The molecular formula is C11H16N4O2. The molecule has 0 bridgehead atoms. The van der Waals surface area contributed by atoms with E-state index in [-0.39, 0.29) is 5.91 Å². The SMILES string of the molecule is NNc1ccnc(C(=O)N2CCCC(O)C2)c1. The Bertz CT molecular complexity index is 410. The second-order valence-corrected chi connectivity index (χ2v) is 4.12. The largest absolute Gasteiger partial charge is 0.391 e. The third-order valence-corrected chi connectivity index (χ3v) is 2.83. The highest BCUT2D eigenvalue weighted by molar-refractivity contribution is 5.93. The maximum Gasteiger partial charge on any atom is 0.272 e. The predicted molar refractivity (Wildman–Crippen MR) is 63.2 cm³/mol. The molecular weight excluding hydrogens is 220 g/mol. The molecule has 17 heavy (non-hydrogen) atoms. The zero-order chi connectivity index (χ0) is 12.3. The fourth-order valence-corrected chi connectivity index (χ4v) is 1.94. The Morgan fingerprint density at radius 3 is 3.18 bits per heavy atom. The highest BCUT2D eigenvalue weighted by Crippen LogP contribution is 2.14. The summed E-state index contributed by atoms with van der Waals surface area (Å²) in [6.07, 6.45) is 2.68. The lowest BCUT2D eigenvalue weighted by atomic mass is 10.1. The van der Waals surface area contributed by atoms with E-state index in [0.29, 0.717) is 24.5 Å². The van der Waals surface area contributed by atoms with Gasteiger partial charge in [-0.15, -0.1) is 0 Å². The number of anilines is 1. The minimum atomic E-state index is -0.427. The van der Waals surface area contributed by atoms with E-state index in [4.69, 9.17) is 5.84 Å². The van der Waals surface area contributed by atoms with Gasteiger partial charge in [-0.2, -0.15) is 0 Å². The third-order valence-electron chi connectivity index (χ3n) is 2.83. The molecule has 2 heterocycles. The van der Waals surface area contributed by atoms with Crippen LogP contribution < -0.4 is 11.3 Å². The van der Waals surface area contributed by atoms with Crippen molar-refractivity contribution >= 4 is 11.6 Å². The van der Waals surface area contributed by atoms with Crippen molar-refractivity contribution in [2.75, 3.05) is 18.5 Å². The molecule has 6 nitrogen and oxygen atoms in total. The number of likely N-dealkylation sites (tertiary alicyclic amines) is 1. The lowest BCUT2D eigenvalue weighted by molar-refractivity contribution is 0.0469. The van der Waals surface area contributed by atoms with Crippen molar-refractivity contribution in [1.82, 2.24) is 9.88 Å². The summed E-state index contributed by atoms with van der Waals surface area (Å²) in [6, 6.07) is 3.28. The van der Waals surface area contributed by atoms with Gasteiger partial charge in [0.2, 0.25) is 0 Å². The fourth-order valence-electron chi connectivity index (χ4n) is 1.94. The van der Waals surface area contributed by atoms with Gasteiger partial charge in [0.05, 0.1) is 11.8 Å². The number of hydrazine groups is 1. The van der Waals surface area contributed by atoms with Gasteiger partial charge in [-0.1, -0.05) is 0 Å². The first-order valence-corrected chi connectivity index (χ1v) is 5.60. The van der Waals surface area contributed by atoms with Crippen LogP contribution in [0.4, 0.5) is 5.69 Å². The van der Waals surface area contributed by atoms with Gasteiger partial charge < -0.3 is 15.4 Å². The maximum absolute atomic E-state index is 12.1. The molecule has 1 unspecified atom stereocenters. The molecule has 1 atom stereocenters. The van der Waals surface area contributed by atoms with E-state index < -0.39 is 6.10 Å². The number of piperidine rings is 1. The summed E-state index contributed by atoms with van der Waals surface area (Å²) in [7, 11) is 0. The lowest BCUT2D eigenvalue weighted by Crippen LogP contribution is -2.42. The molecule has 1 aliphatic heterocycles. The summed E-state index contributed by atoms with van der Waals surface area (Å²) >= 11 is 0. The summed E-state index contributed by atoms with van der Waals surface area (Å²) in [5.74, 6) is 5.11. The van der Waals surface area contributed by atoms with Gasteiger partial charge in [-0.05, 0) is 25.0 Å². The minimum Gasteiger partial charge on any atom is -0.391 e. The van der Waals surface area contributed by atoms with Gasteiger partial charge >= 0.3 is 0 Å². The van der Waals surface area contributed by atoms with Gasteiger partial charge in [0.15, 0.2) is 0 Å². The van der Waals surface area contributed by atoms with Crippen molar-refractivity contribution < 1.29 is 9.90 Å². The second kappa shape index (κ2) is 5.11. The van der Waals surface area contributed by atoms with E-state index in [2.05, 4.69) is 10.4 Å². The van der Waals surface area contributed by atoms with E-state index in [1.165, 1.54) is 6.20 Å². The van der Waals surface area contributed by atoms with E-state index in [9.17, 15) is 9.90 Å². The molecule has 1 amide bonds. The Hall–Kier alpha value is -1.66. The van der Waals surface area contributed by atoms with E-state index in [1.54, 1.807) is 17.0 Å². The number of amides is 1. The highest BCUT2D eigenvalue weighted by atomic mass is 16.3. The van der Waals surface area contributed by atoms with Crippen LogP contribution in [0.1, 0.15) is 23.3 Å². The van der Waals surface area contributed by atoms with Gasteiger partial charge in [0, 0.05) is 19.3 Å². The number of aliphatic hydroxyl groups is 1. The molecule has 6 heteroatoms. The first kappa shape index (κ1) is 11.8. The fraction of sp³-hybridized carbons (Fsp3) is 0.455. The first-order valence-electron chi connectivity index (χ1n) is 5.60. The summed E-state index contributed by atoms with van der Waals surface area (Å²) in [6.45, 7) is 1.04. The van der Waals surface area contributed by atoms with Crippen LogP contribution >= 0.6 is 0 Å². The number of nitrogens with zero attached hydrogens (tertiary/aromatic N) is 2. The van der Waals surface area contributed by atoms with Crippen LogP contribution in [0.25, 0.3) is 0 Å². The molecule has 0 aliphatic carbocycles. The summed E-state index contributed by atoms with van der Waals surface area (Å²) in [5.41, 5.74) is 3.46. The predicted octanol–water partition coefficient (Wildman–Crippen LogP) is -0.0359. The average Bonchev–Trinajstić information content (AvgIpc) is 2.38. The number of aliphatic hydroxyl groups excluding tert-OH is 1. The number of β-amino-alcohol motifs (C(OH)–C–C–N with tert-alkyl or cyclic N) is 1. The lowest BCUT2D eigenvalue weighted by Gasteiger charge is -2.29. The second-order valence-electron chi connectivity index (χ2n) is 4.12. The number of nitrogens with two attached hydrogens (primary N) is 1. The number of nitrogens with one attached hydrogen (secondary N) is 1. The molecule has 0 saturated carbocycles. The summed E-state index contributed by atoms with van der Waals surface area (Å²) in [5, 5.41) is 9.53. The summed E-state index contributed by atoms with van der Waals surface area (Å²) in [4.78, 5) is 17.7. The summed E-state index contributed by atoms with van der Waals surface area (Å²) < 4.78 is 0. The van der Waals surface area contributed by atoms with Crippen LogP contribution in [0.2, 0.25) is 0 Å². The Morgan fingerprint density at radius 2 is 2.47 bits per heavy atom. The van der Waals surface area contributed by atoms with Crippen LogP contribution in [0.3, 0.4) is 0 Å². The molecule has 1 aromatic rings. The molecule has 1 fully saturated rings. The van der Waals surface area contributed by atoms with Crippen LogP contribution in [0, 0.1) is 0 Å². The molecule has 0 aromatic carbocycles. The van der Waals surface area contributed by atoms with Crippen LogP contribution in [0.15, 0.2) is 18.3 Å². The highest BCUT2D eigenvalue weighted by Gasteiger charge is 2.23. The average molecular weight is 236 g/mol. The maximum atomic E-state index is 12.1. The van der Waals surface area contributed by atoms with Crippen LogP contribution in [-0.4, -0.2) is 40.1 Å². The zero-order valence-electron chi connectivity index (χ0n) is 9.47. The van der Waals surface area contributed by atoms with Crippen molar-refractivity contribution in [1.29, 1.82) is 0 Å². The smallest absolute Gasteiger partial charge is 0.272 e. The number of aromatic nitrogens is 1. The van der Waals surface area contributed by atoms with Gasteiger partial charge in [-0.3, -0.25) is 15.6 Å². The quantitative estimate of drug-likeness (QED) is 0.495. The van der Waals surface area contributed by atoms with Crippen molar-refractivity contribution in [3.63, 3.8) is 0 Å². The van der Waals surface area contributed by atoms with Crippen molar-refractivity contribution in [2.45, 2.75) is 18.9 Å². The van der Waals surface area contributed by atoms with Gasteiger partial charge in [-0.25, -0.2) is 0 Å². The van der Waals surface area contributed by atoms with Gasteiger partial charge in [0.25, 0.3) is 5.91 Å². The molecule has 0 radical (unpaired) electrons. The first-order chi connectivity index (χ1) is 8.20. The molecule has 4 N–H and O–H groups in total. The van der Waals surface area contributed by atoms with E-state index in [1.807, 2.05) is 0 Å². The number of rotatable bonds is 2. The molecule has 2 rings (SSSR count). The number of nitrogen functional groups attached to an aromatic ring is 1. The van der Waals surface area contributed by atoms with E-state index in [0.717, 1.165) is 12.8 Å². The molecule has 1 saturated heterocycles. The molecule has 92 valence electrons. The Kier molecular flexibility index (Phi) is 3.55. The van der Waals surface area contributed by atoms with E-state index >= 15 is 0 Å². The number of hydrogen-bond acceptors (Lipinski definition) is 5. The van der Waals surface area contributed by atoms with Crippen LogP contribution in [0.5, 0.6) is 0 Å². The number of carbonyl (C=O) groups excluding carboxylic acids is 1. The zero-order valence-corrected chi connectivity index (χ0v) is 9.47. The van der Waals surface area contributed by atoms with Crippen molar-refractivity contribution in [3.8, 4) is 0 Å². The molecule has 1 aromatic heterocycles.